The van der Waals surface area contributed by atoms with Gasteiger partial charge in [0.05, 0.1) is 31.9 Å². The number of rotatable bonds is 10. The molecule has 4 heterocycles. The first-order valence-corrected chi connectivity index (χ1v) is 14.2. The summed E-state index contributed by atoms with van der Waals surface area (Å²) in [6.07, 6.45) is 2.79. The highest BCUT2D eigenvalue weighted by molar-refractivity contribution is 7.93. The van der Waals surface area contributed by atoms with Gasteiger partial charge in [0.2, 0.25) is 16.0 Å². The Labute approximate surface area is 235 Å². The van der Waals surface area contributed by atoms with Crippen molar-refractivity contribution in [3.05, 3.63) is 66.1 Å². The number of para-hydroxylation sites is 1. The third kappa shape index (κ3) is 5.66. The van der Waals surface area contributed by atoms with E-state index in [1.165, 1.54) is 25.7 Å². The summed E-state index contributed by atoms with van der Waals surface area (Å²) < 4.78 is 55.1. The molecule has 1 amide bonds. The van der Waals surface area contributed by atoms with E-state index in [2.05, 4.69) is 29.9 Å². The smallest absolute Gasteiger partial charge is 0.272 e. The molecule has 214 valence electrons. The molecule has 4 aromatic rings. The lowest BCUT2D eigenvalue weighted by Gasteiger charge is -2.30. The lowest BCUT2D eigenvalue weighted by atomic mass is 10.2. The third-order valence-corrected chi connectivity index (χ3v) is 8.23. The van der Waals surface area contributed by atoms with Crippen molar-refractivity contribution in [2.24, 2.45) is 0 Å². The second-order valence-corrected chi connectivity index (χ2v) is 11.3. The molecular weight excluding hydrogens is 555 g/mol. The first kappa shape index (κ1) is 27.9. The maximum absolute atomic E-state index is 13.4. The summed E-state index contributed by atoms with van der Waals surface area (Å²) in [5.41, 5.74) is 0.805. The van der Waals surface area contributed by atoms with E-state index in [9.17, 15) is 17.6 Å². The molecule has 41 heavy (non-hydrogen) atoms. The molecule has 3 aromatic heterocycles. The molecule has 0 bridgehead atoms. The van der Waals surface area contributed by atoms with Crippen molar-refractivity contribution in [1.82, 2.24) is 34.6 Å². The standard InChI is InChI=1S/C26H27FN8O5S/c1-16(13-22-28-14-17(27)15-29-22)41(37,38)33-26-32-31-24(35(26)23-20(39-2)9-5-10-21(23)40-3)18-7-4-8-19(30-18)25(36)34-11-6-12-34/h4-5,7-10,14-16H,6,11-13H2,1-3H3,(H,32,33). The van der Waals surface area contributed by atoms with Crippen LogP contribution in [-0.2, 0) is 16.4 Å². The zero-order valence-electron chi connectivity index (χ0n) is 22.5. The Morgan fingerprint density at radius 3 is 2.32 bits per heavy atom. The number of hydrogen-bond acceptors (Lipinski definition) is 10. The summed E-state index contributed by atoms with van der Waals surface area (Å²) in [5, 5.41) is 7.36. The molecule has 0 radical (unpaired) electrons. The van der Waals surface area contributed by atoms with Gasteiger partial charge in [0.1, 0.15) is 34.4 Å². The van der Waals surface area contributed by atoms with Crippen molar-refractivity contribution in [3.63, 3.8) is 0 Å². The van der Waals surface area contributed by atoms with Gasteiger partial charge in [-0.05, 0) is 37.6 Å². The van der Waals surface area contributed by atoms with Gasteiger partial charge in [-0.25, -0.2) is 27.8 Å². The minimum Gasteiger partial charge on any atom is -0.494 e. The molecule has 1 aliphatic rings. The largest absolute Gasteiger partial charge is 0.494 e. The van der Waals surface area contributed by atoms with Crippen LogP contribution in [-0.4, -0.2) is 81.5 Å². The summed E-state index contributed by atoms with van der Waals surface area (Å²) in [4.78, 5) is 26.8. The van der Waals surface area contributed by atoms with Crippen molar-refractivity contribution in [1.29, 1.82) is 0 Å². The SMILES string of the molecule is COc1cccc(OC)c1-n1c(NS(=O)(=O)C(C)Cc2ncc(F)cn2)nnc1-c1cccc(C(=O)N2CCC2)n1. The lowest BCUT2D eigenvalue weighted by Crippen LogP contribution is -2.42. The van der Waals surface area contributed by atoms with E-state index >= 15 is 0 Å². The van der Waals surface area contributed by atoms with Gasteiger partial charge in [-0.3, -0.25) is 14.1 Å². The maximum atomic E-state index is 13.4. The number of aromatic nitrogens is 6. The summed E-state index contributed by atoms with van der Waals surface area (Å²) in [6, 6.07) is 9.98. The fraction of sp³-hybridized carbons (Fsp3) is 0.308. The lowest BCUT2D eigenvalue weighted by molar-refractivity contribution is 0.0646. The van der Waals surface area contributed by atoms with E-state index in [-0.39, 0.29) is 41.3 Å². The van der Waals surface area contributed by atoms with Crippen LogP contribution in [0.4, 0.5) is 10.3 Å². The number of methoxy groups -OCH3 is 2. The van der Waals surface area contributed by atoms with E-state index in [1.807, 2.05) is 0 Å². The first-order valence-electron chi connectivity index (χ1n) is 12.6. The molecule has 0 spiro atoms. The zero-order valence-corrected chi connectivity index (χ0v) is 23.3. The summed E-state index contributed by atoms with van der Waals surface area (Å²) in [5.74, 6) is -0.0346. The first-order chi connectivity index (χ1) is 19.7. The van der Waals surface area contributed by atoms with Crippen LogP contribution in [0.2, 0.25) is 0 Å². The number of nitrogens with zero attached hydrogens (tertiary/aromatic N) is 7. The number of carbonyl (C=O) groups excluding carboxylic acids is 1. The Morgan fingerprint density at radius 1 is 1.05 bits per heavy atom. The Hall–Kier alpha value is -4.66. The average Bonchev–Trinajstić information content (AvgIpc) is 3.35. The molecule has 0 saturated carbocycles. The van der Waals surface area contributed by atoms with Gasteiger partial charge in [-0.1, -0.05) is 12.1 Å². The van der Waals surface area contributed by atoms with Gasteiger partial charge in [-0.15, -0.1) is 10.2 Å². The Kier molecular flexibility index (Phi) is 7.79. The molecule has 1 aliphatic heterocycles. The van der Waals surface area contributed by atoms with E-state index < -0.39 is 21.1 Å². The highest BCUT2D eigenvalue weighted by Gasteiger charge is 2.30. The van der Waals surface area contributed by atoms with Crippen LogP contribution >= 0.6 is 0 Å². The highest BCUT2D eigenvalue weighted by atomic mass is 32.2. The summed E-state index contributed by atoms with van der Waals surface area (Å²) >= 11 is 0. The minimum atomic E-state index is -4.10. The average molecular weight is 583 g/mol. The molecule has 1 saturated heterocycles. The van der Waals surface area contributed by atoms with Crippen LogP contribution in [0.5, 0.6) is 11.5 Å². The molecule has 1 unspecified atom stereocenters. The minimum absolute atomic E-state index is 0.0865. The van der Waals surface area contributed by atoms with Crippen LogP contribution in [0.25, 0.3) is 17.2 Å². The number of carbonyl (C=O) groups is 1. The molecule has 1 atom stereocenters. The summed E-state index contributed by atoms with van der Waals surface area (Å²) in [6.45, 7) is 2.78. The van der Waals surface area contributed by atoms with Crippen molar-refractivity contribution in [2.75, 3.05) is 32.0 Å². The topological polar surface area (TPSA) is 154 Å². The van der Waals surface area contributed by atoms with Crippen molar-refractivity contribution < 1.29 is 27.1 Å². The van der Waals surface area contributed by atoms with E-state index in [0.29, 0.717) is 30.3 Å². The number of anilines is 1. The van der Waals surface area contributed by atoms with Gasteiger partial charge in [0, 0.05) is 19.5 Å². The van der Waals surface area contributed by atoms with E-state index in [0.717, 1.165) is 18.8 Å². The maximum Gasteiger partial charge on any atom is 0.272 e. The fourth-order valence-electron chi connectivity index (χ4n) is 4.18. The number of ether oxygens (including phenoxy) is 2. The predicted octanol–water partition coefficient (Wildman–Crippen LogP) is 2.49. The van der Waals surface area contributed by atoms with Crippen molar-refractivity contribution >= 4 is 21.9 Å². The molecule has 1 aromatic carbocycles. The molecular formula is C26H27FN8O5S. The number of hydrogen-bond donors (Lipinski definition) is 1. The number of benzene rings is 1. The van der Waals surface area contributed by atoms with Crippen LogP contribution in [0.15, 0.2) is 48.8 Å². The quantitative estimate of drug-likeness (QED) is 0.295. The molecule has 1 fully saturated rings. The van der Waals surface area contributed by atoms with Gasteiger partial charge in [0.25, 0.3) is 5.91 Å². The molecule has 0 aliphatic carbocycles. The fourth-order valence-corrected chi connectivity index (χ4v) is 5.14. The van der Waals surface area contributed by atoms with Gasteiger partial charge in [-0.2, -0.15) is 0 Å². The van der Waals surface area contributed by atoms with Crippen molar-refractivity contribution in [3.8, 4) is 28.7 Å². The number of amides is 1. The van der Waals surface area contributed by atoms with Gasteiger partial charge < -0.3 is 14.4 Å². The Balaban J connectivity index is 1.59. The number of likely N-dealkylation sites (tertiary alicyclic amines) is 1. The van der Waals surface area contributed by atoms with Crippen LogP contribution in [0, 0.1) is 5.82 Å². The number of nitrogens with one attached hydrogen (secondary N) is 1. The third-order valence-electron chi connectivity index (χ3n) is 6.54. The number of sulfonamides is 1. The molecule has 5 rings (SSSR count). The molecule has 13 nitrogen and oxygen atoms in total. The number of halogens is 1. The normalized spacial score (nSPS) is 13.8. The highest BCUT2D eigenvalue weighted by Crippen LogP contribution is 2.37. The molecule has 1 N–H and O–H groups in total. The van der Waals surface area contributed by atoms with E-state index in [4.69, 9.17) is 9.47 Å². The Bertz CT molecular complexity index is 1650. The van der Waals surface area contributed by atoms with Crippen LogP contribution in [0.3, 0.4) is 0 Å². The molecule has 15 heteroatoms. The second-order valence-electron chi connectivity index (χ2n) is 9.23. The number of pyridine rings is 1. The second kappa shape index (κ2) is 11.4. The van der Waals surface area contributed by atoms with Crippen LogP contribution in [0.1, 0.15) is 29.7 Å². The van der Waals surface area contributed by atoms with Crippen LogP contribution < -0.4 is 14.2 Å². The Morgan fingerprint density at radius 2 is 1.71 bits per heavy atom. The van der Waals surface area contributed by atoms with E-state index in [1.54, 1.807) is 41.3 Å². The summed E-state index contributed by atoms with van der Waals surface area (Å²) in [7, 11) is -1.18. The predicted molar refractivity (Wildman–Crippen MR) is 146 cm³/mol. The van der Waals surface area contributed by atoms with Gasteiger partial charge >= 0.3 is 0 Å². The van der Waals surface area contributed by atoms with Crippen molar-refractivity contribution in [2.45, 2.75) is 25.0 Å². The van der Waals surface area contributed by atoms with Gasteiger partial charge in [0.15, 0.2) is 11.6 Å². The zero-order chi connectivity index (χ0) is 29.1. The monoisotopic (exact) mass is 582 g/mol.